The van der Waals surface area contributed by atoms with E-state index >= 15 is 0 Å². The normalized spacial score (nSPS) is 10.7. The molecule has 0 spiro atoms. The highest BCUT2D eigenvalue weighted by molar-refractivity contribution is 6.31. The Bertz CT molecular complexity index is 676. The van der Waals surface area contributed by atoms with Gasteiger partial charge in [0, 0.05) is 6.20 Å². The van der Waals surface area contributed by atoms with Gasteiger partial charge in [0.15, 0.2) is 0 Å². The Balaban J connectivity index is 2.22. The third kappa shape index (κ3) is 1.65. The number of rotatable bonds is 2. The van der Waals surface area contributed by atoms with E-state index < -0.39 is 0 Å². The molecule has 0 bridgehead atoms. The number of anilines is 1. The first-order valence-corrected chi connectivity index (χ1v) is 5.55. The number of nitrogens with zero attached hydrogens (tertiary/aromatic N) is 2. The van der Waals surface area contributed by atoms with Crippen LogP contribution in [0.5, 0.6) is 0 Å². The van der Waals surface area contributed by atoms with E-state index in [4.69, 9.17) is 26.3 Å². The minimum Gasteiger partial charge on any atom is -0.452 e. The Hall–Kier alpha value is -2.27. The molecule has 2 N–H and O–H groups in total. The Morgan fingerprint density at radius 2 is 2.11 bits per heavy atom. The molecule has 0 saturated heterocycles. The van der Waals surface area contributed by atoms with Gasteiger partial charge in [-0.25, -0.2) is 0 Å². The lowest BCUT2D eigenvalue weighted by Gasteiger charge is -1.99. The van der Waals surface area contributed by atoms with Gasteiger partial charge in [0.25, 0.3) is 0 Å². The summed E-state index contributed by atoms with van der Waals surface area (Å²) >= 11 is 5.93. The largest absolute Gasteiger partial charge is 0.452 e. The highest BCUT2D eigenvalue weighted by atomic mass is 35.5. The zero-order valence-electron chi connectivity index (χ0n) is 9.13. The van der Waals surface area contributed by atoms with Gasteiger partial charge >= 0.3 is 0 Å². The number of pyridine rings is 1. The molecule has 3 aromatic heterocycles. The van der Waals surface area contributed by atoms with Gasteiger partial charge in [-0.1, -0.05) is 11.2 Å². The predicted octanol–water partition coefficient (Wildman–Crippen LogP) is 3.23. The van der Waals surface area contributed by atoms with Gasteiger partial charge < -0.3 is 14.7 Å². The van der Waals surface area contributed by atoms with Crippen molar-refractivity contribution in [2.24, 2.45) is 0 Å². The molecule has 3 rings (SSSR count). The second-order valence-corrected chi connectivity index (χ2v) is 3.94. The zero-order chi connectivity index (χ0) is 12.5. The summed E-state index contributed by atoms with van der Waals surface area (Å²) in [7, 11) is 0. The van der Waals surface area contributed by atoms with Gasteiger partial charge in [-0.15, -0.1) is 0 Å². The molecule has 0 fully saturated rings. The molecule has 0 unspecified atom stereocenters. The molecule has 90 valence electrons. The van der Waals surface area contributed by atoms with Crippen LogP contribution in [0.15, 0.2) is 45.7 Å². The fraction of sp³-hybridized carbons (Fsp3) is 0. The van der Waals surface area contributed by atoms with E-state index in [1.807, 2.05) is 18.2 Å². The van der Waals surface area contributed by atoms with Crippen LogP contribution in [0.25, 0.3) is 22.5 Å². The van der Waals surface area contributed by atoms with E-state index in [2.05, 4.69) is 10.1 Å². The van der Waals surface area contributed by atoms with Crippen LogP contribution in [0.3, 0.4) is 0 Å². The molecule has 0 atom stereocenters. The van der Waals surface area contributed by atoms with Crippen molar-refractivity contribution in [3.63, 3.8) is 0 Å². The molecule has 5 nitrogen and oxygen atoms in total. The lowest BCUT2D eigenvalue weighted by molar-refractivity contribution is 0.439. The molecule has 0 aliphatic carbocycles. The quantitative estimate of drug-likeness (QED) is 0.766. The van der Waals surface area contributed by atoms with Crippen LogP contribution in [0, 0.1) is 0 Å². The van der Waals surface area contributed by atoms with Crippen LogP contribution in [0.4, 0.5) is 5.88 Å². The second-order valence-electron chi connectivity index (χ2n) is 3.59. The zero-order valence-corrected chi connectivity index (χ0v) is 9.89. The van der Waals surface area contributed by atoms with E-state index in [1.165, 1.54) is 6.26 Å². The van der Waals surface area contributed by atoms with Crippen molar-refractivity contribution in [3.8, 4) is 22.5 Å². The Labute approximate surface area is 107 Å². The Kier molecular flexibility index (Phi) is 2.53. The molecule has 18 heavy (non-hydrogen) atoms. The fourth-order valence-corrected chi connectivity index (χ4v) is 1.91. The van der Waals surface area contributed by atoms with Crippen molar-refractivity contribution < 1.29 is 8.94 Å². The summed E-state index contributed by atoms with van der Waals surface area (Å²) in [6.07, 6.45) is 3.15. The lowest BCUT2D eigenvalue weighted by atomic mass is 10.1. The summed E-state index contributed by atoms with van der Waals surface area (Å²) in [5.41, 5.74) is 8.21. The van der Waals surface area contributed by atoms with Crippen molar-refractivity contribution in [2.45, 2.75) is 0 Å². The summed E-state index contributed by atoms with van der Waals surface area (Å²) in [5, 5.41) is 4.15. The van der Waals surface area contributed by atoms with Crippen molar-refractivity contribution in [2.75, 3.05) is 5.73 Å². The smallest absolute Gasteiger partial charge is 0.232 e. The Morgan fingerprint density at radius 1 is 1.22 bits per heavy atom. The first kappa shape index (κ1) is 10.9. The predicted molar refractivity (Wildman–Crippen MR) is 66.9 cm³/mol. The van der Waals surface area contributed by atoms with Crippen LogP contribution in [-0.2, 0) is 0 Å². The molecule has 0 radical (unpaired) electrons. The van der Waals surface area contributed by atoms with E-state index in [-0.39, 0.29) is 11.1 Å². The molecule has 3 aromatic rings. The SMILES string of the molecule is Nc1onc(-c2ccoc2Cl)c1-c1ccccn1. The van der Waals surface area contributed by atoms with Gasteiger partial charge in [-0.2, -0.15) is 0 Å². The maximum Gasteiger partial charge on any atom is 0.232 e. The number of furan rings is 1. The van der Waals surface area contributed by atoms with Gasteiger partial charge in [0.05, 0.1) is 23.1 Å². The Morgan fingerprint density at radius 3 is 2.78 bits per heavy atom. The molecule has 6 heteroatoms. The van der Waals surface area contributed by atoms with E-state index in [1.54, 1.807) is 12.3 Å². The first-order chi connectivity index (χ1) is 8.77. The van der Waals surface area contributed by atoms with Crippen molar-refractivity contribution in [1.82, 2.24) is 10.1 Å². The summed E-state index contributed by atoms with van der Waals surface area (Å²) in [6.45, 7) is 0. The maximum atomic E-state index is 5.93. The minimum atomic E-state index is 0.195. The van der Waals surface area contributed by atoms with E-state index in [0.717, 1.165) is 0 Å². The van der Waals surface area contributed by atoms with E-state index in [0.29, 0.717) is 22.5 Å². The molecule has 3 heterocycles. The highest BCUT2D eigenvalue weighted by Gasteiger charge is 2.21. The molecule has 0 aliphatic heterocycles. The molecule has 0 aromatic carbocycles. The summed E-state index contributed by atoms with van der Waals surface area (Å²) in [5.74, 6) is 0.195. The number of hydrogen-bond acceptors (Lipinski definition) is 5. The minimum absolute atomic E-state index is 0.195. The average molecular weight is 262 g/mol. The number of nitrogen functional groups attached to an aromatic ring is 1. The number of hydrogen-bond donors (Lipinski definition) is 1. The number of nitrogens with two attached hydrogens (primary N) is 1. The van der Waals surface area contributed by atoms with Crippen LogP contribution in [-0.4, -0.2) is 10.1 Å². The van der Waals surface area contributed by atoms with Crippen molar-refractivity contribution >= 4 is 17.5 Å². The standard InChI is InChI=1S/C12H8ClN3O2/c13-11-7(4-6-17-11)10-9(12(14)18-16-10)8-3-1-2-5-15-8/h1-6H,14H2. The van der Waals surface area contributed by atoms with Crippen LogP contribution in [0.1, 0.15) is 0 Å². The molecular formula is C12H8ClN3O2. The van der Waals surface area contributed by atoms with Crippen LogP contribution >= 0.6 is 11.6 Å². The van der Waals surface area contributed by atoms with Gasteiger partial charge in [0.2, 0.25) is 11.1 Å². The summed E-state index contributed by atoms with van der Waals surface area (Å²) in [6, 6.07) is 7.19. The summed E-state index contributed by atoms with van der Waals surface area (Å²) < 4.78 is 10.1. The average Bonchev–Trinajstić information content (AvgIpc) is 2.96. The topological polar surface area (TPSA) is 78.1 Å². The van der Waals surface area contributed by atoms with Gasteiger partial charge in [-0.3, -0.25) is 4.98 Å². The molecule has 0 aliphatic rings. The van der Waals surface area contributed by atoms with Crippen molar-refractivity contribution in [1.29, 1.82) is 0 Å². The van der Waals surface area contributed by atoms with Crippen molar-refractivity contribution in [3.05, 3.63) is 41.9 Å². The van der Waals surface area contributed by atoms with Gasteiger partial charge in [0.1, 0.15) is 5.69 Å². The third-order valence-electron chi connectivity index (χ3n) is 2.51. The third-order valence-corrected chi connectivity index (χ3v) is 2.81. The highest BCUT2D eigenvalue weighted by Crippen LogP contribution is 2.38. The summed E-state index contributed by atoms with van der Waals surface area (Å²) in [4.78, 5) is 4.23. The lowest BCUT2D eigenvalue weighted by Crippen LogP contribution is -1.89. The van der Waals surface area contributed by atoms with Crippen LogP contribution < -0.4 is 5.73 Å². The molecule has 0 amide bonds. The van der Waals surface area contributed by atoms with E-state index in [9.17, 15) is 0 Å². The maximum absolute atomic E-state index is 5.93. The first-order valence-electron chi connectivity index (χ1n) is 5.17. The monoisotopic (exact) mass is 261 g/mol. The van der Waals surface area contributed by atoms with Crippen LogP contribution in [0.2, 0.25) is 5.22 Å². The molecule has 0 saturated carbocycles. The van der Waals surface area contributed by atoms with Gasteiger partial charge in [-0.05, 0) is 29.8 Å². The second kappa shape index (κ2) is 4.19. The molecular weight excluding hydrogens is 254 g/mol. The number of halogens is 1. The fourth-order valence-electron chi connectivity index (χ4n) is 1.71. The number of aromatic nitrogens is 2.